The molecule has 8 heteroatoms. The third kappa shape index (κ3) is 5.31. The van der Waals surface area contributed by atoms with Gasteiger partial charge in [-0.2, -0.15) is 0 Å². The fourth-order valence-electron chi connectivity index (χ4n) is 3.81. The minimum absolute atomic E-state index is 0.0729. The molecule has 2 heterocycles. The summed E-state index contributed by atoms with van der Waals surface area (Å²) in [5.74, 6) is 1.60. The minimum atomic E-state index is -0.0729. The Morgan fingerprint density at radius 1 is 1.06 bits per heavy atom. The van der Waals surface area contributed by atoms with Gasteiger partial charge < -0.3 is 14.8 Å². The second kappa shape index (κ2) is 10.1. The van der Waals surface area contributed by atoms with Crippen LogP contribution in [0, 0.1) is 13.8 Å². The van der Waals surface area contributed by atoms with Crippen molar-refractivity contribution in [3.8, 4) is 28.4 Å². The number of amides is 1. The third-order valence-corrected chi connectivity index (χ3v) is 6.90. The van der Waals surface area contributed by atoms with Crippen LogP contribution in [0.25, 0.3) is 16.9 Å². The van der Waals surface area contributed by atoms with E-state index < -0.39 is 0 Å². The van der Waals surface area contributed by atoms with Gasteiger partial charge in [-0.1, -0.05) is 53.7 Å². The highest BCUT2D eigenvalue weighted by molar-refractivity contribution is 7.99. The highest BCUT2D eigenvalue weighted by Crippen LogP contribution is 2.33. The number of imidazole rings is 1. The molecule has 0 saturated heterocycles. The topological polar surface area (TPSA) is 65.4 Å². The molecule has 0 radical (unpaired) electrons. The Hall–Kier alpha value is -3.42. The zero-order valence-corrected chi connectivity index (χ0v) is 20.9. The summed E-state index contributed by atoms with van der Waals surface area (Å²) in [5, 5.41) is 4.41. The van der Waals surface area contributed by atoms with E-state index in [1.807, 2.05) is 48.7 Å². The molecule has 1 N–H and O–H groups in total. The maximum atomic E-state index is 12.7. The van der Waals surface area contributed by atoms with Gasteiger partial charge in [-0.05, 0) is 60.9 Å². The minimum Gasteiger partial charge on any atom is -0.454 e. The van der Waals surface area contributed by atoms with Crippen molar-refractivity contribution in [2.24, 2.45) is 0 Å². The van der Waals surface area contributed by atoms with Crippen LogP contribution in [0.3, 0.4) is 0 Å². The van der Waals surface area contributed by atoms with Gasteiger partial charge in [-0.25, -0.2) is 4.98 Å². The maximum Gasteiger partial charge on any atom is 0.231 e. The molecular weight excluding hydrogens is 482 g/mol. The number of ether oxygens (including phenoxy) is 2. The molecule has 3 aromatic carbocycles. The third-order valence-electron chi connectivity index (χ3n) is 5.70. The molecule has 178 valence electrons. The molecule has 1 aromatic heterocycles. The Morgan fingerprint density at radius 2 is 1.86 bits per heavy atom. The molecule has 1 aliphatic rings. The zero-order chi connectivity index (χ0) is 24.4. The van der Waals surface area contributed by atoms with Gasteiger partial charge in [0.1, 0.15) is 0 Å². The van der Waals surface area contributed by atoms with Crippen molar-refractivity contribution in [3.05, 3.63) is 88.6 Å². The first kappa shape index (κ1) is 23.3. The molecule has 0 unspecified atom stereocenters. The normalized spacial score (nSPS) is 12.1. The largest absolute Gasteiger partial charge is 0.454 e. The summed E-state index contributed by atoms with van der Waals surface area (Å²) in [6.45, 7) is 4.78. The highest BCUT2D eigenvalue weighted by Gasteiger charge is 2.16. The standard InChI is InChI=1S/C27H24ClN3O3S/c1-17-3-4-18(2)23(11-17)31-14-22(20-6-8-21(28)9-7-20)30-27(31)35-15-26(32)29-13-19-5-10-24-25(12-19)34-16-33-24/h3-12,14H,13,15-16H2,1-2H3,(H,29,32). The molecule has 1 amide bonds. The van der Waals surface area contributed by atoms with Gasteiger partial charge in [-0.3, -0.25) is 9.36 Å². The average molecular weight is 506 g/mol. The lowest BCUT2D eigenvalue weighted by molar-refractivity contribution is -0.118. The Kier molecular flexibility index (Phi) is 6.70. The van der Waals surface area contributed by atoms with Crippen molar-refractivity contribution < 1.29 is 14.3 Å². The van der Waals surface area contributed by atoms with Crippen LogP contribution in [0.1, 0.15) is 16.7 Å². The number of aryl methyl sites for hydroxylation is 2. The van der Waals surface area contributed by atoms with Crippen LogP contribution in [0.15, 0.2) is 72.0 Å². The molecule has 35 heavy (non-hydrogen) atoms. The first-order valence-corrected chi connectivity index (χ1v) is 12.5. The molecule has 5 rings (SSSR count). The number of fused-ring (bicyclic) bond motifs is 1. The fraction of sp³-hybridized carbons (Fsp3) is 0.185. The molecular formula is C27H24ClN3O3S. The van der Waals surface area contributed by atoms with E-state index in [1.165, 1.54) is 11.8 Å². The highest BCUT2D eigenvalue weighted by atomic mass is 35.5. The number of carbonyl (C=O) groups is 1. The van der Waals surface area contributed by atoms with Crippen LogP contribution < -0.4 is 14.8 Å². The number of carbonyl (C=O) groups excluding carboxylic acids is 1. The van der Waals surface area contributed by atoms with E-state index in [4.69, 9.17) is 26.1 Å². The van der Waals surface area contributed by atoms with Gasteiger partial charge in [0, 0.05) is 23.3 Å². The van der Waals surface area contributed by atoms with Crippen LogP contribution in [0.2, 0.25) is 5.02 Å². The molecule has 0 aliphatic carbocycles. The van der Waals surface area contributed by atoms with E-state index >= 15 is 0 Å². The van der Waals surface area contributed by atoms with E-state index in [0.717, 1.165) is 44.5 Å². The molecule has 0 atom stereocenters. The summed E-state index contributed by atoms with van der Waals surface area (Å²) >= 11 is 7.48. The van der Waals surface area contributed by atoms with Gasteiger partial charge >= 0.3 is 0 Å². The summed E-state index contributed by atoms with van der Waals surface area (Å²) in [6, 6.07) is 19.6. The second-order valence-corrected chi connectivity index (χ2v) is 9.71. The van der Waals surface area contributed by atoms with Crippen molar-refractivity contribution >= 4 is 29.3 Å². The predicted octanol–water partition coefficient (Wildman–Crippen LogP) is 5.95. The predicted molar refractivity (Wildman–Crippen MR) is 139 cm³/mol. The van der Waals surface area contributed by atoms with Crippen LogP contribution in [0.4, 0.5) is 0 Å². The molecule has 4 aromatic rings. The Morgan fingerprint density at radius 3 is 2.69 bits per heavy atom. The smallest absolute Gasteiger partial charge is 0.231 e. The van der Waals surface area contributed by atoms with E-state index in [2.05, 4.69) is 41.9 Å². The van der Waals surface area contributed by atoms with Gasteiger partial charge in [0.2, 0.25) is 12.7 Å². The van der Waals surface area contributed by atoms with E-state index in [0.29, 0.717) is 17.3 Å². The molecule has 0 saturated carbocycles. The number of rotatable bonds is 7. The first-order chi connectivity index (χ1) is 17.0. The number of aromatic nitrogens is 2. The Bertz CT molecular complexity index is 1390. The van der Waals surface area contributed by atoms with Gasteiger partial charge in [-0.15, -0.1) is 0 Å². The van der Waals surface area contributed by atoms with Gasteiger partial charge in [0.15, 0.2) is 16.7 Å². The number of halogens is 1. The van der Waals surface area contributed by atoms with Crippen molar-refractivity contribution in [3.63, 3.8) is 0 Å². The van der Waals surface area contributed by atoms with Crippen molar-refractivity contribution in [2.45, 2.75) is 25.5 Å². The van der Waals surface area contributed by atoms with E-state index in [-0.39, 0.29) is 18.5 Å². The van der Waals surface area contributed by atoms with Crippen molar-refractivity contribution in [2.75, 3.05) is 12.5 Å². The van der Waals surface area contributed by atoms with Crippen molar-refractivity contribution in [1.29, 1.82) is 0 Å². The maximum absolute atomic E-state index is 12.7. The van der Waals surface area contributed by atoms with E-state index in [1.54, 1.807) is 0 Å². The number of benzene rings is 3. The second-order valence-electron chi connectivity index (χ2n) is 8.33. The fourth-order valence-corrected chi connectivity index (χ4v) is 4.75. The average Bonchev–Trinajstić information content (AvgIpc) is 3.50. The quantitative estimate of drug-likeness (QED) is 0.314. The summed E-state index contributed by atoms with van der Waals surface area (Å²) < 4.78 is 12.8. The number of hydrogen-bond donors (Lipinski definition) is 1. The molecule has 1 aliphatic heterocycles. The monoisotopic (exact) mass is 505 g/mol. The number of hydrogen-bond acceptors (Lipinski definition) is 5. The first-order valence-electron chi connectivity index (χ1n) is 11.2. The summed E-state index contributed by atoms with van der Waals surface area (Å²) in [7, 11) is 0. The lowest BCUT2D eigenvalue weighted by atomic mass is 10.1. The van der Waals surface area contributed by atoms with Gasteiger partial charge in [0.25, 0.3) is 0 Å². The Balaban J connectivity index is 1.33. The van der Waals surface area contributed by atoms with Crippen LogP contribution >= 0.6 is 23.4 Å². The molecule has 0 bridgehead atoms. The summed E-state index contributed by atoms with van der Waals surface area (Å²) in [4.78, 5) is 17.5. The number of thioether (sulfide) groups is 1. The van der Waals surface area contributed by atoms with Crippen LogP contribution in [-0.2, 0) is 11.3 Å². The molecule has 0 fully saturated rings. The Labute approximate surface area is 213 Å². The number of nitrogens with one attached hydrogen (secondary N) is 1. The number of nitrogens with zero attached hydrogens (tertiary/aromatic N) is 2. The summed E-state index contributed by atoms with van der Waals surface area (Å²) in [6.07, 6.45) is 2.01. The summed E-state index contributed by atoms with van der Waals surface area (Å²) in [5.41, 5.74) is 6.07. The molecule has 0 spiro atoms. The van der Waals surface area contributed by atoms with Crippen molar-refractivity contribution in [1.82, 2.24) is 14.9 Å². The molecule has 6 nitrogen and oxygen atoms in total. The van der Waals surface area contributed by atoms with Crippen LogP contribution in [-0.4, -0.2) is 28.0 Å². The SMILES string of the molecule is Cc1ccc(C)c(-n2cc(-c3ccc(Cl)cc3)nc2SCC(=O)NCc2ccc3c(c2)OCO3)c1. The van der Waals surface area contributed by atoms with Gasteiger partial charge in [0.05, 0.1) is 17.1 Å². The van der Waals surface area contributed by atoms with Crippen LogP contribution in [0.5, 0.6) is 11.5 Å². The van der Waals surface area contributed by atoms with E-state index in [9.17, 15) is 4.79 Å². The lowest BCUT2D eigenvalue weighted by Crippen LogP contribution is -2.24. The zero-order valence-electron chi connectivity index (χ0n) is 19.4. The lowest BCUT2D eigenvalue weighted by Gasteiger charge is -2.11.